The van der Waals surface area contributed by atoms with Crippen molar-refractivity contribution in [2.24, 2.45) is 0 Å². The number of hydrogen-bond acceptors (Lipinski definition) is 3. The third-order valence-corrected chi connectivity index (χ3v) is 3.81. The fourth-order valence-electron chi connectivity index (χ4n) is 1.96. The molecule has 2 rings (SSSR count). The number of amides is 1. The molecule has 0 aliphatic heterocycles. The first-order valence-corrected chi connectivity index (χ1v) is 7.25. The van der Waals surface area contributed by atoms with Gasteiger partial charge >= 0.3 is 0 Å². The van der Waals surface area contributed by atoms with E-state index in [2.05, 4.69) is 5.32 Å². The average Bonchev–Trinajstić information content (AvgIpc) is 2.50. The van der Waals surface area contributed by atoms with Crippen LogP contribution in [0.3, 0.4) is 0 Å². The molecule has 0 saturated heterocycles. The minimum atomic E-state index is -0.637. The number of benzene rings is 2. The zero-order valence-electron chi connectivity index (χ0n) is 11.8. The third kappa shape index (κ3) is 3.97. The summed E-state index contributed by atoms with van der Waals surface area (Å²) in [5.41, 5.74) is 0.509. The number of non-ortho nitro benzene ring substituents is 1. The fraction of sp³-hybridized carbons (Fsp3) is 0.133. The normalized spacial score (nSPS) is 11.8. The Hall–Kier alpha value is -2.18. The Morgan fingerprint density at radius 3 is 2.39 bits per heavy atom. The smallest absolute Gasteiger partial charge is 0.269 e. The van der Waals surface area contributed by atoms with Gasteiger partial charge in [-0.15, -0.1) is 0 Å². The zero-order valence-corrected chi connectivity index (χ0v) is 13.4. The van der Waals surface area contributed by atoms with E-state index in [0.29, 0.717) is 5.56 Å². The van der Waals surface area contributed by atoms with Gasteiger partial charge in [-0.3, -0.25) is 14.9 Å². The highest BCUT2D eigenvalue weighted by Gasteiger charge is 2.17. The SMILES string of the molecule is CC(NC(=O)c1ccc([N+](=O)[O-])cc1)c1cc(F)c(Cl)cc1Cl. The van der Waals surface area contributed by atoms with Gasteiger partial charge in [-0.25, -0.2) is 4.39 Å². The molecule has 0 radical (unpaired) electrons. The minimum Gasteiger partial charge on any atom is -0.345 e. The van der Waals surface area contributed by atoms with Crippen LogP contribution in [0.4, 0.5) is 10.1 Å². The van der Waals surface area contributed by atoms with Crippen LogP contribution in [0, 0.1) is 15.9 Å². The van der Waals surface area contributed by atoms with Gasteiger partial charge in [0, 0.05) is 22.7 Å². The Morgan fingerprint density at radius 1 is 1.22 bits per heavy atom. The molecule has 2 aromatic carbocycles. The molecule has 0 heterocycles. The summed E-state index contributed by atoms with van der Waals surface area (Å²) in [7, 11) is 0. The van der Waals surface area contributed by atoms with Crippen molar-refractivity contribution >= 4 is 34.8 Å². The first kappa shape index (κ1) is 17.2. The molecule has 8 heteroatoms. The summed E-state index contributed by atoms with van der Waals surface area (Å²) in [6.45, 7) is 1.64. The molecule has 0 aromatic heterocycles. The van der Waals surface area contributed by atoms with Crippen molar-refractivity contribution in [3.05, 3.63) is 73.5 Å². The van der Waals surface area contributed by atoms with E-state index >= 15 is 0 Å². The van der Waals surface area contributed by atoms with E-state index in [-0.39, 0.29) is 21.3 Å². The topological polar surface area (TPSA) is 72.2 Å². The van der Waals surface area contributed by atoms with Crippen molar-refractivity contribution in [3.8, 4) is 0 Å². The van der Waals surface area contributed by atoms with Crippen molar-refractivity contribution in [2.75, 3.05) is 0 Å². The standard InChI is InChI=1S/C15H11Cl2FN2O3/c1-8(11-6-14(18)13(17)7-12(11)16)19-15(21)9-2-4-10(5-3-9)20(22)23/h2-8H,1H3,(H,19,21). The summed E-state index contributed by atoms with van der Waals surface area (Å²) < 4.78 is 13.5. The molecule has 1 atom stereocenters. The zero-order chi connectivity index (χ0) is 17.1. The molecule has 5 nitrogen and oxygen atoms in total. The number of nitro benzene ring substituents is 1. The van der Waals surface area contributed by atoms with Crippen LogP contribution in [0.5, 0.6) is 0 Å². The van der Waals surface area contributed by atoms with Crippen molar-refractivity contribution in [3.63, 3.8) is 0 Å². The molecule has 0 fully saturated rings. The number of nitro groups is 1. The Morgan fingerprint density at radius 2 is 1.83 bits per heavy atom. The average molecular weight is 357 g/mol. The van der Waals surface area contributed by atoms with Crippen molar-refractivity contribution in [2.45, 2.75) is 13.0 Å². The Labute approximate surface area is 141 Å². The number of rotatable bonds is 4. The van der Waals surface area contributed by atoms with Crippen LogP contribution >= 0.6 is 23.2 Å². The highest BCUT2D eigenvalue weighted by atomic mass is 35.5. The van der Waals surface area contributed by atoms with Gasteiger partial charge in [0.15, 0.2) is 0 Å². The predicted octanol–water partition coefficient (Wildman–Crippen LogP) is 4.53. The summed E-state index contributed by atoms with van der Waals surface area (Å²) in [6, 6.07) is 6.99. The summed E-state index contributed by atoms with van der Waals surface area (Å²) in [5, 5.41) is 13.4. The maximum atomic E-state index is 13.5. The first-order chi connectivity index (χ1) is 10.8. The Balaban J connectivity index is 2.16. The molecule has 1 unspecified atom stereocenters. The van der Waals surface area contributed by atoms with Crippen molar-refractivity contribution in [1.29, 1.82) is 0 Å². The second-order valence-electron chi connectivity index (χ2n) is 4.79. The van der Waals surface area contributed by atoms with Gasteiger partial charge < -0.3 is 5.32 Å². The highest BCUT2D eigenvalue weighted by molar-refractivity contribution is 6.35. The molecule has 0 saturated carbocycles. The molecule has 120 valence electrons. The summed E-state index contributed by atoms with van der Waals surface area (Å²) >= 11 is 11.6. The molecule has 23 heavy (non-hydrogen) atoms. The van der Waals surface area contributed by atoms with Gasteiger partial charge in [-0.2, -0.15) is 0 Å². The molecule has 1 N–H and O–H groups in total. The molecular weight excluding hydrogens is 346 g/mol. The molecule has 1 amide bonds. The molecule has 0 aliphatic rings. The van der Waals surface area contributed by atoms with Gasteiger partial charge in [-0.05, 0) is 36.8 Å². The van der Waals surface area contributed by atoms with Crippen LogP contribution in [0.25, 0.3) is 0 Å². The minimum absolute atomic E-state index is 0.104. The summed E-state index contributed by atoms with van der Waals surface area (Å²) in [5.74, 6) is -1.10. The van der Waals surface area contributed by atoms with Crippen LogP contribution in [0.15, 0.2) is 36.4 Å². The molecule has 0 aliphatic carbocycles. The van der Waals surface area contributed by atoms with E-state index in [1.54, 1.807) is 6.92 Å². The quantitative estimate of drug-likeness (QED) is 0.496. The molecular formula is C15H11Cl2FN2O3. The second-order valence-corrected chi connectivity index (χ2v) is 5.60. The van der Waals surface area contributed by atoms with Crippen LogP contribution in [0.2, 0.25) is 10.0 Å². The van der Waals surface area contributed by atoms with E-state index in [9.17, 15) is 19.3 Å². The lowest BCUT2D eigenvalue weighted by molar-refractivity contribution is -0.384. The largest absolute Gasteiger partial charge is 0.345 e. The fourth-order valence-corrected chi connectivity index (χ4v) is 2.51. The van der Waals surface area contributed by atoms with Crippen molar-refractivity contribution in [1.82, 2.24) is 5.32 Å². The van der Waals surface area contributed by atoms with Gasteiger partial charge in [0.1, 0.15) is 5.82 Å². The number of carbonyl (C=O) groups excluding carboxylic acids is 1. The number of hydrogen-bond donors (Lipinski definition) is 1. The summed E-state index contributed by atoms with van der Waals surface area (Å²) in [6.07, 6.45) is 0. The van der Waals surface area contributed by atoms with Gasteiger partial charge in [0.2, 0.25) is 0 Å². The van der Waals surface area contributed by atoms with E-state index in [1.807, 2.05) is 0 Å². The van der Waals surface area contributed by atoms with Gasteiger partial charge in [-0.1, -0.05) is 23.2 Å². The Kier molecular flexibility index (Phi) is 5.18. The van der Waals surface area contributed by atoms with E-state index in [1.165, 1.54) is 30.3 Å². The van der Waals surface area contributed by atoms with E-state index < -0.39 is 22.7 Å². The molecule has 0 spiro atoms. The molecule has 0 bridgehead atoms. The lowest BCUT2D eigenvalue weighted by Crippen LogP contribution is -2.26. The maximum Gasteiger partial charge on any atom is 0.269 e. The van der Waals surface area contributed by atoms with Crippen LogP contribution in [-0.2, 0) is 0 Å². The van der Waals surface area contributed by atoms with E-state index in [0.717, 1.165) is 6.07 Å². The number of carbonyl (C=O) groups is 1. The lowest BCUT2D eigenvalue weighted by Gasteiger charge is -2.16. The third-order valence-electron chi connectivity index (χ3n) is 3.19. The monoisotopic (exact) mass is 356 g/mol. The van der Waals surface area contributed by atoms with Crippen LogP contribution < -0.4 is 5.32 Å². The van der Waals surface area contributed by atoms with Gasteiger partial charge in [0.05, 0.1) is 16.0 Å². The van der Waals surface area contributed by atoms with E-state index in [4.69, 9.17) is 23.2 Å². The number of nitrogens with zero attached hydrogens (tertiary/aromatic N) is 1. The Bertz CT molecular complexity index is 766. The predicted molar refractivity (Wildman–Crippen MR) is 85.4 cm³/mol. The maximum absolute atomic E-state index is 13.5. The van der Waals surface area contributed by atoms with Gasteiger partial charge in [0.25, 0.3) is 11.6 Å². The summed E-state index contributed by atoms with van der Waals surface area (Å²) in [4.78, 5) is 22.2. The molecule has 2 aromatic rings. The van der Waals surface area contributed by atoms with Crippen LogP contribution in [0.1, 0.15) is 28.9 Å². The van der Waals surface area contributed by atoms with Crippen LogP contribution in [-0.4, -0.2) is 10.8 Å². The number of halogens is 3. The lowest BCUT2D eigenvalue weighted by atomic mass is 10.1. The second kappa shape index (κ2) is 6.93. The first-order valence-electron chi connectivity index (χ1n) is 6.49. The number of nitrogens with one attached hydrogen (secondary N) is 1. The highest BCUT2D eigenvalue weighted by Crippen LogP contribution is 2.28. The van der Waals surface area contributed by atoms with Crippen molar-refractivity contribution < 1.29 is 14.1 Å².